The predicted molar refractivity (Wildman–Crippen MR) is 62.1 cm³/mol. The average Bonchev–Trinajstić information content (AvgIpc) is 2.61. The summed E-state index contributed by atoms with van der Waals surface area (Å²) >= 11 is 0. The van der Waals surface area contributed by atoms with Crippen molar-refractivity contribution in [3.05, 3.63) is 34.8 Å². The van der Waals surface area contributed by atoms with E-state index >= 15 is 0 Å². The molecule has 2 aromatic rings. The van der Waals surface area contributed by atoms with Gasteiger partial charge in [0.1, 0.15) is 5.52 Å². The molecule has 5 heteroatoms. The first-order chi connectivity index (χ1) is 8.09. The van der Waals surface area contributed by atoms with E-state index in [1.165, 1.54) is 0 Å². The van der Waals surface area contributed by atoms with Gasteiger partial charge in [0.25, 0.3) is 0 Å². The maximum atomic E-state index is 11.7. The van der Waals surface area contributed by atoms with E-state index in [4.69, 9.17) is 9.15 Å². The largest absolute Gasteiger partial charge is 0.448 e. The van der Waals surface area contributed by atoms with E-state index in [-0.39, 0.29) is 12.5 Å². The van der Waals surface area contributed by atoms with Crippen LogP contribution in [-0.2, 0) is 4.74 Å². The molecule has 0 amide bonds. The Morgan fingerprint density at radius 3 is 2.82 bits per heavy atom. The monoisotopic (exact) mass is 235 g/mol. The third kappa shape index (κ3) is 2.22. The zero-order valence-corrected chi connectivity index (χ0v) is 9.67. The van der Waals surface area contributed by atoms with Gasteiger partial charge >= 0.3 is 11.8 Å². The summed E-state index contributed by atoms with van der Waals surface area (Å²) in [5, 5.41) is 0. The number of aromatic nitrogens is 1. The van der Waals surface area contributed by atoms with Crippen molar-refractivity contribution in [3.8, 4) is 0 Å². The lowest BCUT2D eigenvalue weighted by molar-refractivity contribution is 0.133. The molecule has 0 atom stereocenters. The fourth-order valence-electron chi connectivity index (χ4n) is 1.44. The average molecular weight is 235 g/mol. The van der Waals surface area contributed by atoms with Crippen molar-refractivity contribution in [2.45, 2.75) is 13.8 Å². The molecule has 2 rings (SSSR count). The molecule has 0 radical (unpaired) electrons. The zero-order chi connectivity index (χ0) is 12.4. The molecule has 17 heavy (non-hydrogen) atoms. The van der Waals surface area contributed by atoms with Gasteiger partial charge in [0.2, 0.25) is 0 Å². The zero-order valence-electron chi connectivity index (χ0n) is 9.67. The summed E-state index contributed by atoms with van der Waals surface area (Å²) in [6, 6.07) is 6.72. The van der Waals surface area contributed by atoms with Crippen molar-refractivity contribution in [2.24, 2.45) is 5.92 Å². The molecule has 1 aromatic heterocycles. The van der Waals surface area contributed by atoms with E-state index in [1.54, 1.807) is 24.3 Å². The minimum absolute atomic E-state index is 0.216. The van der Waals surface area contributed by atoms with Crippen molar-refractivity contribution >= 4 is 17.2 Å². The van der Waals surface area contributed by atoms with Crippen LogP contribution in [0.2, 0.25) is 0 Å². The highest BCUT2D eigenvalue weighted by atomic mass is 16.6. The number of nitrogens with zero attached hydrogens (tertiary/aromatic N) is 1. The van der Waals surface area contributed by atoms with Crippen LogP contribution in [0, 0.1) is 5.92 Å². The van der Waals surface area contributed by atoms with Crippen LogP contribution in [-0.4, -0.2) is 17.3 Å². The molecule has 0 aliphatic carbocycles. The number of fused-ring (bicyclic) bond motifs is 1. The number of oxazole rings is 1. The Balaban J connectivity index is 2.38. The third-order valence-electron chi connectivity index (χ3n) is 2.21. The molecule has 0 bridgehead atoms. The van der Waals surface area contributed by atoms with Crippen LogP contribution in [0.1, 0.15) is 13.8 Å². The fraction of sp³-hybridized carbons (Fsp3) is 0.333. The number of hydrogen-bond donors (Lipinski definition) is 0. The van der Waals surface area contributed by atoms with E-state index < -0.39 is 11.8 Å². The Morgan fingerprint density at radius 2 is 2.12 bits per heavy atom. The lowest BCUT2D eigenvalue weighted by Gasteiger charge is -2.06. The SMILES string of the molecule is CC(C)COC(=O)n1c(=O)oc2ccccc21. The van der Waals surface area contributed by atoms with Crippen molar-refractivity contribution < 1.29 is 13.9 Å². The van der Waals surface area contributed by atoms with Gasteiger partial charge in [0, 0.05) is 0 Å². The van der Waals surface area contributed by atoms with E-state index in [2.05, 4.69) is 0 Å². The van der Waals surface area contributed by atoms with Gasteiger partial charge in [-0.25, -0.2) is 9.59 Å². The molecule has 0 aliphatic rings. The van der Waals surface area contributed by atoms with Crippen LogP contribution in [0.5, 0.6) is 0 Å². The van der Waals surface area contributed by atoms with Crippen LogP contribution in [0.3, 0.4) is 0 Å². The molecule has 1 aromatic carbocycles. The van der Waals surface area contributed by atoms with E-state index in [9.17, 15) is 9.59 Å². The Bertz CT molecular complexity index is 594. The summed E-state index contributed by atoms with van der Waals surface area (Å²) in [7, 11) is 0. The van der Waals surface area contributed by atoms with Crippen molar-refractivity contribution in [1.29, 1.82) is 0 Å². The highest BCUT2D eigenvalue weighted by Gasteiger charge is 2.16. The van der Waals surface area contributed by atoms with Gasteiger partial charge in [0.05, 0.1) is 6.61 Å². The summed E-state index contributed by atoms with van der Waals surface area (Å²) in [5.41, 5.74) is 0.797. The normalized spacial score (nSPS) is 11.0. The molecule has 0 spiro atoms. The van der Waals surface area contributed by atoms with Crippen LogP contribution in [0.15, 0.2) is 33.5 Å². The minimum atomic E-state index is -0.722. The number of ether oxygens (including phenoxy) is 1. The number of benzene rings is 1. The molecule has 0 fully saturated rings. The standard InChI is InChI=1S/C12H13NO4/c1-8(2)7-16-11(14)13-9-5-3-4-6-10(9)17-12(13)15/h3-6,8H,7H2,1-2H3. The first-order valence-corrected chi connectivity index (χ1v) is 5.37. The second-order valence-corrected chi connectivity index (χ2v) is 4.14. The van der Waals surface area contributed by atoms with Crippen LogP contribution in [0.4, 0.5) is 4.79 Å². The van der Waals surface area contributed by atoms with Gasteiger partial charge in [-0.2, -0.15) is 4.57 Å². The van der Waals surface area contributed by atoms with Crippen molar-refractivity contribution in [1.82, 2.24) is 4.57 Å². The Hall–Kier alpha value is -2.04. The molecule has 0 aliphatic heterocycles. The highest BCUT2D eigenvalue weighted by Crippen LogP contribution is 2.12. The Morgan fingerprint density at radius 1 is 1.41 bits per heavy atom. The van der Waals surface area contributed by atoms with Gasteiger partial charge in [-0.1, -0.05) is 26.0 Å². The molecular weight excluding hydrogens is 222 g/mol. The summed E-state index contributed by atoms with van der Waals surface area (Å²) in [6.45, 7) is 4.11. The van der Waals surface area contributed by atoms with Gasteiger partial charge in [-0.05, 0) is 18.1 Å². The second-order valence-electron chi connectivity index (χ2n) is 4.14. The van der Waals surface area contributed by atoms with Crippen LogP contribution >= 0.6 is 0 Å². The Kier molecular flexibility index (Phi) is 2.99. The fourth-order valence-corrected chi connectivity index (χ4v) is 1.44. The Labute approximate surface area is 97.6 Å². The quantitative estimate of drug-likeness (QED) is 0.800. The van der Waals surface area contributed by atoms with E-state index in [0.29, 0.717) is 11.1 Å². The molecule has 0 N–H and O–H groups in total. The maximum absolute atomic E-state index is 11.7. The minimum Gasteiger partial charge on any atom is -0.448 e. The molecule has 0 saturated carbocycles. The number of rotatable bonds is 2. The van der Waals surface area contributed by atoms with Gasteiger partial charge in [0.15, 0.2) is 5.58 Å². The summed E-state index contributed by atoms with van der Waals surface area (Å²) in [6.07, 6.45) is -0.700. The molecule has 0 saturated heterocycles. The number of carbonyl (C=O) groups is 1. The number of carbonyl (C=O) groups excluding carboxylic acids is 1. The smallest absolute Gasteiger partial charge is 0.429 e. The lowest BCUT2D eigenvalue weighted by Crippen LogP contribution is -2.25. The molecule has 90 valence electrons. The van der Waals surface area contributed by atoms with Crippen LogP contribution < -0.4 is 5.76 Å². The second kappa shape index (κ2) is 4.45. The van der Waals surface area contributed by atoms with E-state index in [1.807, 2.05) is 13.8 Å². The molecule has 5 nitrogen and oxygen atoms in total. The summed E-state index contributed by atoms with van der Waals surface area (Å²) in [4.78, 5) is 23.2. The van der Waals surface area contributed by atoms with Gasteiger partial charge in [-0.3, -0.25) is 0 Å². The van der Waals surface area contributed by atoms with Crippen LogP contribution in [0.25, 0.3) is 11.1 Å². The molecular formula is C12H13NO4. The predicted octanol–water partition coefficient (Wildman–Crippen LogP) is 2.24. The summed E-state index contributed by atoms with van der Waals surface area (Å²) in [5.74, 6) is -0.507. The molecule has 1 heterocycles. The van der Waals surface area contributed by atoms with Crippen molar-refractivity contribution in [2.75, 3.05) is 6.61 Å². The van der Waals surface area contributed by atoms with Gasteiger partial charge in [-0.15, -0.1) is 0 Å². The lowest BCUT2D eigenvalue weighted by atomic mass is 10.2. The van der Waals surface area contributed by atoms with Crippen molar-refractivity contribution in [3.63, 3.8) is 0 Å². The maximum Gasteiger partial charge on any atom is 0.429 e. The van der Waals surface area contributed by atoms with Gasteiger partial charge < -0.3 is 9.15 Å². The first-order valence-electron chi connectivity index (χ1n) is 5.37. The molecule has 0 unspecified atom stereocenters. The summed E-state index contributed by atoms with van der Waals surface area (Å²) < 4.78 is 10.8. The number of para-hydroxylation sites is 2. The topological polar surface area (TPSA) is 61.4 Å². The third-order valence-corrected chi connectivity index (χ3v) is 2.21. The number of hydrogen-bond acceptors (Lipinski definition) is 4. The van der Waals surface area contributed by atoms with E-state index in [0.717, 1.165) is 4.57 Å². The highest BCUT2D eigenvalue weighted by molar-refractivity contribution is 5.84. The first kappa shape index (κ1) is 11.4.